The molecule has 0 aromatic carbocycles. The van der Waals surface area contributed by atoms with Crippen LogP contribution in [0.5, 0.6) is 0 Å². The highest BCUT2D eigenvalue weighted by atomic mass is 15.1. The SMILES string of the molecule is CN(C)[C@H]1C[C@H](N)C1(C)C. The van der Waals surface area contributed by atoms with Crippen LogP contribution in [0.15, 0.2) is 0 Å². The van der Waals surface area contributed by atoms with Crippen molar-refractivity contribution in [3.05, 3.63) is 0 Å². The van der Waals surface area contributed by atoms with E-state index in [0.29, 0.717) is 17.5 Å². The Kier molecular flexibility index (Phi) is 1.77. The molecule has 0 heterocycles. The number of hydrogen-bond donors (Lipinski definition) is 1. The third kappa shape index (κ3) is 0.956. The van der Waals surface area contributed by atoms with Crippen molar-refractivity contribution >= 4 is 0 Å². The van der Waals surface area contributed by atoms with Crippen LogP contribution in [0.25, 0.3) is 0 Å². The summed E-state index contributed by atoms with van der Waals surface area (Å²) in [7, 11) is 4.25. The zero-order valence-electron chi connectivity index (χ0n) is 7.39. The summed E-state index contributed by atoms with van der Waals surface area (Å²) >= 11 is 0. The minimum Gasteiger partial charge on any atom is -0.327 e. The summed E-state index contributed by atoms with van der Waals surface area (Å²) < 4.78 is 0. The minimum atomic E-state index is 0.323. The molecule has 0 amide bonds. The lowest BCUT2D eigenvalue weighted by Gasteiger charge is -2.53. The van der Waals surface area contributed by atoms with Gasteiger partial charge in [-0.1, -0.05) is 13.8 Å². The first kappa shape index (κ1) is 8.02. The Bertz CT molecular complexity index is 129. The molecule has 0 spiro atoms. The highest BCUT2D eigenvalue weighted by molar-refractivity contribution is 5.03. The summed E-state index contributed by atoms with van der Waals surface area (Å²) in [6, 6.07) is 1.09. The molecule has 2 atom stereocenters. The van der Waals surface area contributed by atoms with Crippen LogP contribution >= 0.6 is 0 Å². The van der Waals surface area contributed by atoms with Crippen LogP contribution in [0.1, 0.15) is 20.3 Å². The van der Waals surface area contributed by atoms with Crippen LogP contribution in [-0.4, -0.2) is 31.1 Å². The van der Waals surface area contributed by atoms with E-state index in [2.05, 4.69) is 32.8 Å². The molecule has 0 unspecified atom stereocenters. The second kappa shape index (κ2) is 2.21. The van der Waals surface area contributed by atoms with E-state index in [0.717, 1.165) is 6.42 Å². The fourth-order valence-electron chi connectivity index (χ4n) is 1.81. The minimum absolute atomic E-state index is 0.323. The number of rotatable bonds is 1. The van der Waals surface area contributed by atoms with Gasteiger partial charge in [0.15, 0.2) is 0 Å². The van der Waals surface area contributed by atoms with Crippen LogP contribution in [0, 0.1) is 5.41 Å². The van der Waals surface area contributed by atoms with Gasteiger partial charge in [-0.3, -0.25) is 0 Å². The summed E-state index contributed by atoms with van der Waals surface area (Å²) in [6.07, 6.45) is 1.15. The van der Waals surface area contributed by atoms with E-state index < -0.39 is 0 Å². The van der Waals surface area contributed by atoms with Gasteiger partial charge in [0.2, 0.25) is 0 Å². The molecule has 60 valence electrons. The maximum Gasteiger partial charge on any atom is 0.0170 e. The Morgan fingerprint density at radius 3 is 2.00 bits per heavy atom. The molecular formula is C8H18N2. The summed E-state index contributed by atoms with van der Waals surface area (Å²) in [5, 5.41) is 0. The Morgan fingerprint density at radius 1 is 1.40 bits per heavy atom. The molecule has 1 saturated carbocycles. The molecular weight excluding hydrogens is 124 g/mol. The molecule has 2 heteroatoms. The molecule has 1 aliphatic rings. The average molecular weight is 142 g/mol. The summed E-state index contributed by atoms with van der Waals surface area (Å²) in [6.45, 7) is 4.48. The zero-order chi connectivity index (χ0) is 7.94. The van der Waals surface area contributed by atoms with Gasteiger partial charge in [0, 0.05) is 12.1 Å². The van der Waals surface area contributed by atoms with Crippen LogP contribution < -0.4 is 5.73 Å². The average Bonchev–Trinajstić information content (AvgIpc) is 1.82. The fraction of sp³-hybridized carbons (Fsp3) is 1.00. The standard InChI is InChI=1S/C8H18N2/c1-8(2)6(9)5-7(8)10(3)4/h6-7H,5,9H2,1-4H3/t6-,7-/m0/s1. The number of hydrogen-bond acceptors (Lipinski definition) is 2. The summed E-state index contributed by atoms with van der Waals surface area (Å²) in [4.78, 5) is 2.27. The highest BCUT2D eigenvalue weighted by Crippen LogP contribution is 2.41. The molecule has 10 heavy (non-hydrogen) atoms. The van der Waals surface area contributed by atoms with E-state index in [1.54, 1.807) is 0 Å². The van der Waals surface area contributed by atoms with Gasteiger partial charge in [-0.25, -0.2) is 0 Å². The first-order valence-corrected chi connectivity index (χ1v) is 3.88. The van der Waals surface area contributed by atoms with Gasteiger partial charge in [0.1, 0.15) is 0 Å². The van der Waals surface area contributed by atoms with E-state index >= 15 is 0 Å². The van der Waals surface area contributed by atoms with Crippen molar-refractivity contribution < 1.29 is 0 Å². The zero-order valence-corrected chi connectivity index (χ0v) is 7.39. The lowest BCUT2D eigenvalue weighted by molar-refractivity contribution is 0.00547. The van der Waals surface area contributed by atoms with Crippen molar-refractivity contribution in [3.8, 4) is 0 Å². The predicted octanol–water partition coefficient (Wildman–Crippen LogP) is 0.674. The van der Waals surface area contributed by atoms with Gasteiger partial charge >= 0.3 is 0 Å². The van der Waals surface area contributed by atoms with Crippen molar-refractivity contribution in [2.24, 2.45) is 11.1 Å². The molecule has 0 aromatic heterocycles. The maximum atomic E-state index is 5.86. The van der Waals surface area contributed by atoms with Gasteiger partial charge in [-0.05, 0) is 25.9 Å². The maximum absolute atomic E-state index is 5.86. The van der Waals surface area contributed by atoms with Crippen LogP contribution in [0.2, 0.25) is 0 Å². The molecule has 0 saturated heterocycles. The van der Waals surface area contributed by atoms with Crippen molar-refractivity contribution in [1.82, 2.24) is 4.90 Å². The number of nitrogens with zero attached hydrogens (tertiary/aromatic N) is 1. The number of nitrogens with two attached hydrogens (primary N) is 1. The van der Waals surface area contributed by atoms with E-state index in [1.165, 1.54) is 0 Å². The Labute approximate surface area is 63.4 Å². The Balaban J connectivity index is 2.55. The van der Waals surface area contributed by atoms with Crippen molar-refractivity contribution in [1.29, 1.82) is 0 Å². The highest BCUT2D eigenvalue weighted by Gasteiger charge is 2.46. The quantitative estimate of drug-likeness (QED) is 0.583. The van der Waals surface area contributed by atoms with Gasteiger partial charge < -0.3 is 10.6 Å². The molecule has 0 aliphatic heterocycles. The largest absolute Gasteiger partial charge is 0.327 e. The molecule has 1 fully saturated rings. The van der Waals surface area contributed by atoms with E-state index in [-0.39, 0.29) is 0 Å². The summed E-state index contributed by atoms with van der Waals surface area (Å²) in [5.41, 5.74) is 6.18. The normalized spacial score (nSPS) is 37.8. The summed E-state index contributed by atoms with van der Waals surface area (Å²) in [5.74, 6) is 0. The van der Waals surface area contributed by atoms with E-state index in [4.69, 9.17) is 5.73 Å². The topological polar surface area (TPSA) is 29.3 Å². The van der Waals surface area contributed by atoms with Gasteiger partial charge in [-0.15, -0.1) is 0 Å². The second-order valence-corrected chi connectivity index (χ2v) is 4.14. The Hall–Kier alpha value is -0.0800. The lowest BCUT2D eigenvalue weighted by atomic mass is 9.63. The van der Waals surface area contributed by atoms with Crippen molar-refractivity contribution in [3.63, 3.8) is 0 Å². The van der Waals surface area contributed by atoms with Gasteiger partial charge in [0.05, 0.1) is 0 Å². The van der Waals surface area contributed by atoms with Crippen LogP contribution in [-0.2, 0) is 0 Å². The van der Waals surface area contributed by atoms with Gasteiger partial charge in [-0.2, -0.15) is 0 Å². The molecule has 2 nitrogen and oxygen atoms in total. The molecule has 0 aromatic rings. The third-order valence-electron chi connectivity index (χ3n) is 2.92. The Morgan fingerprint density at radius 2 is 1.90 bits per heavy atom. The first-order chi connectivity index (χ1) is 4.46. The van der Waals surface area contributed by atoms with E-state index in [1.807, 2.05) is 0 Å². The lowest BCUT2D eigenvalue weighted by Crippen LogP contribution is -2.62. The molecule has 1 aliphatic carbocycles. The monoisotopic (exact) mass is 142 g/mol. The van der Waals surface area contributed by atoms with Gasteiger partial charge in [0.25, 0.3) is 0 Å². The second-order valence-electron chi connectivity index (χ2n) is 4.14. The molecule has 2 N–H and O–H groups in total. The van der Waals surface area contributed by atoms with E-state index in [9.17, 15) is 0 Å². The van der Waals surface area contributed by atoms with Crippen molar-refractivity contribution in [2.75, 3.05) is 14.1 Å². The molecule has 0 radical (unpaired) electrons. The fourth-order valence-corrected chi connectivity index (χ4v) is 1.81. The first-order valence-electron chi connectivity index (χ1n) is 3.88. The van der Waals surface area contributed by atoms with Crippen LogP contribution in [0.3, 0.4) is 0 Å². The molecule has 1 rings (SSSR count). The van der Waals surface area contributed by atoms with Crippen molar-refractivity contribution in [2.45, 2.75) is 32.4 Å². The predicted molar refractivity (Wildman–Crippen MR) is 43.8 cm³/mol. The molecule has 0 bridgehead atoms. The van der Waals surface area contributed by atoms with Crippen LogP contribution in [0.4, 0.5) is 0 Å². The smallest absolute Gasteiger partial charge is 0.0170 e. The third-order valence-corrected chi connectivity index (χ3v) is 2.92.